The van der Waals surface area contributed by atoms with Crippen LogP contribution in [0.3, 0.4) is 0 Å². The fourth-order valence-electron chi connectivity index (χ4n) is 4.42. The van der Waals surface area contributed by atoms with Gasteiger partial charge in [-0.25, -0.2) is 15.2 Å². The zero-order valence-electron chi connectivity index (χ0n) is 28.1. The van der Waals surface area contributed by atoms with Crippen LogP contribution < -0.4 is 31.9 Å². The minimum Gasteiger partial charge on any atom is -0.394 e. The second kappa shape index (κ2) is 21.9. The van der Waals surface area contributed by atoms with Crippen LogP contribution in [0, 0.1) is 0 Å². The molecule has 1 aliphatic heterocycles. The van der Waals surface area contributed by atoms with Crippen LogP contribution in [-0.4, -0.2) is 153 Å². The first kappa shape index (κ1) is 43.1. The Morgan fingerprint density at radius 3 is 1.18 bits per heavy atom. The quantitative estimate of drug-likeness (QED) is 0.0633. The topological polar surface area (TPSA) is 316 Å². The molecule has 22 heteroatoms. The maximum Gasteiger partial charge on any atom is 0.245 e. The molecule has 4 atom stereocenters. The van der Waals surface area contributed by atoms with Gasteiger partial charge in [0.05, 0.1) is 19.7 Å². The van der Waals surface area contributed by atoms with Crippen molar-refractivity contribution in [2.45, 2.75) is 83.5 Å². The maximum atomic E-state index is 13.6. The number of nitrogens with one attached hydrogen (secondary N) is 6. The second-order valence-electron chi connectivity index (χ2n) is 11.3. The molecule has 0 spiro atoms. The summed E-state index contributed by atoms with van der Waals surface area (Å²) in [5.41, 5.74) is 0. The fraction of sp³-hybridized carbons (Fsp3) is 0.679. The van der Waals surface area contributed by atoms with E-state index in [2.05, 4.69) is 31.9 Å². The summed E-state index contributed by atoms with van der Waals surface area (Å²) in [6, 6.07) is -5.79. The van der Waals surface area contributed by atoms with E-state index in [1.165, 1.54) is 0 Å². The van der Waals surface area contributed by atoms with Gasteiger partial charge in [0.2, 0.25) is 53.2 Å². The lowest BCUT2D eigenvalue weighted by Gasteiger charge is -2.26. The van der Waals surface area contributed by atoms with Crippen molar-refractivity contribution in [3.05, 3.63) is 0 Å². The third-order valence-corrected chi connectivity index (χ3v) is 7.28. The number of hydrogen-bond acceptors (Lipinski definition) is 13. The van der Waals surface area contributed by atoms with Crippen LogP contribution >= 0.6 is 0 Å². The Hall–Kier alpha value is -4.93. The average molecular weight is 718 g/mol. The molecule has 0 aromatic heterocycles. The number of hydroxylamine groups is 6. The van der Waals surface area contributed by atoms with Crippen LogP contribution in [0.15, 0.2) is 0 Å². The van der Waals surface area contributed by atoms with E-state index in [-0.39, 0.29) is 58.2 Å². The lowest BCUT2D eigenvalue weighted by Crippen LogP contribution is -2.59. The highest BCUT2D eigenvalue weighted by atomic mass is 16.5. The minimum absolute atomic E-state index is 0.0290. The summed E-state index contributed by atoms with van der Waals surface area (Å²) in [5.74, 6) is -7.64. The predicted molar refractivity (Wildman–Crippen MR) is 166 cm³/mol. The zero-order chi connectivity index (χ0) is 38.0. The lowest BCUT2D eigenvalue weighted by atomic mass is 10.1. The molecule has 9 amide bonds. The molecule has 1 aliphatic rings. The summed E-state index contributed by atoms with van der Waals surface area (Å²) in [5, 5.41) is 53.9. The van der Waals surface area contributed by atoms with Gasteiger partial charge in [-0.1, -0.05) is 0 Å². The van der Waals surface area contributed by atoms with E-state index in [1.807, 2.05) is 0 Å². The van der Waals surface area contributed by atoms with E-state index < -0.39 is 97.0 Å². The highest BCUT2D eigenvalue weighted by Gasteiger charge is 2.31. The molecule has 10 N–H and O–H groups in total. The summed E-state index contributed by atoms with van der Waals surface area (Å²) < 4.78 is 0. The summed E-state index contributed by atoms with van der Waals surface area (Å²) >= 11 is 0. The first-order valence-corrected chi connectivity index (χ1v) is 15.7. The molecule has 0 aromatic rings. The molecule has 0 unspecified atom stereocenters. The zero-order valence-corrected chi connectivity index (χ0v) is 28.1. The Labute approximate surface area is 287 Å². The smallest absolute Gasteiger partial charge is 0.245 e. The van der Waals surface area contributed by atoms with Crippen molar-refractivity contribution in [2.24, 2.45) is 0 Å². The van der Waals surface area contributed by atoms with Gasteiger partial charge in [0.1, 0.15) is 24.2 Å². The van der Waals surface area contributed by atoms with Gasteiger partial charge >= 0.3 is 0 Å². The standard InChI is InChI=1S/C28H47N9O13/c1-16(39)35(48)10-4-7-19-25(44)29-14-24(43)32-22(15-38)26(45)30-13-23(42)31-20(8-5-11-36(49)17(2)40)27(46)34-21(28(47)33-19)9-6-12-37(50)18(3)41/h19-22,38,48-50H,4-15H2,1-3H3,(H,29,44)(H,30,45)(H,31,42)(H,32,43)(H,33,47)(H,34,46)/t19-,20+,21-,22-/m1/s1. The summed E-state index contributed by atoms with van der Waals surface area (Å²) in [7, 11) is 0. The fourth-order valence-corrected chi connectivity index (χ4v) is 4.42. The normalized spacial score (nSPS) is 21.2. The predicted octanol–water partition coefficient (Wildman–Crippen LogP) is -4.78. The van der Waals surface area contributed by atoms with E-state index in [9.17, 15) is 63.9 Å². The van der Waals surface area contributed by atoms with Gasteiger partial charge in [0, 0.05) is 40.4 Å². The van der Waals surface area contributed by atoms with Gasteiger partial charge in [0.15, 0.2) is 0 Å². The van der Waals surface area contributed by atoms with Crippen molar-refractivity contribution in [1.29, 1.82) is 0 Å². The largest absolute Gasteiger partial charge is 0.394 e. The summed E-state index contributed by atoms with van der Waals surface area (Å²) in [6.07, 6.45) is -0.685. The first-order chi connectivity index (χ1) is 23.5. The van der Waals surface area contributed by atoms with Gasteiger partial charge < -0.3 is 37.0 Å². The van der Waals surface area contributed by atoms with Crippen molar-refractivity contribution in [2.75, 3.05) is 39.3 Å². The number of hydrogen-bond donors (Lipinski definition) is 10. The molecule has 50 heavy (non-hydrogen) atoms. The van der Waals surface area contributed by atoms with Crippen molar-refractivity contribution in [3.8, 4) is 0 Å². The van der Waals surface area contributed by atoms with Gasteiger partial charge in [-0.05, 0) is 38.5 Å². The molecule has 1 saturated heterocycles. The molecule has 0 aliphatic carbocycles. The van der Waals surface area contributed by atoms with E-state index >= 15 is 0 Å². The Kier molecular flexibility index (Phi) is 18.9. The van der Waals surface area contributed by atoms with Crippen molar-refractivity contribution in [3.63, 3.8) is 0 Å². The SMILES string of the molecule is CC(=O)N(O)CCC[C@@H]1NC(=O)CNC(=O)[C@@H](CO)NC(=O)CNC(=O)[C@@H](CCCN(O)C(C)=O)NC(=O)[C@@H](CCCN(O)C(C)=O)NC1=O. The second-order valence-corrected chi connectivity index (χ2v) is 11.3. The third-order valence-electron chi connectivity index (χ3n) is 7.28. The molecule has 1 heterocycles. The van der Waals surface area contributed by atoms with Crippen molar-refractivity contribution in [1.82, 2.24) is 47.1 Å². The molecule has 0 radical (unpaired) electrons. The van der Waals surface area contributed by atoms with E-state index in [1.54, 1.807) is 0 Å². The Morgan fingerprint density at radius 2 is 0.840 bits per heavy atom. The van der Waals surface area contributed by atoms with Crippen molar-refractivity contribution >= 4 is 53.2 Å². The van der Waals surface area contributed by atoms with Gasteiger partial charge in [-0.2, -0.15) is 0 Å². The van der Waals surface area contributed by atoms with Crippen LogP contribution in [-0.2, 0) is 43.2 Å². The molecule has 282 valence electrons. The number of carbonyl (C=O) groups is 9. The Morgan fingerprint density at radius 1 is 0.540 bits per heavy atom. The highest BCUT2D eigenvalue weighted by Crippen LogP contribution is 2.07. The van der Waals surface area contributed by atoms with Gasteiger partial charge in [0.25, 0.3) is 0 Å². The van der Waals surface area contributed by atoms with Gasteiger partial charge in [-0.3, -0.25) is 58.8 Å². The average Bonchev–Trinajstić information content (AvgIpc) is 3.05. The molecular formula is C28H47N9O13. The Bertz CT molecular complexity index is 1230. The number of aliphatic hydroxyl groups excluding tert-OH is 1. The Balaban J connectivity index is 3.45. The maximum absolute atomic E-state index is 13.6. The molecular weight excluding hydrogens is 670 g/mol. The van der Waals surface area contributed by atoms with E-state index in [4.69, 9.17) is 0 Å². The molecule has 1 rings (SSSR count). The van der Waals surface area contributed by atoms with Gasteiger partial charge in [-0.15, -0.1) is 0 Å². The first-order valence-electron chi connectivity index (χ1n) is 15.7. The van der Waals surface area contributed by atoms with Crippen LogP contribution in [0.2, 0.25) is 0 Å². The molecule has 0 saturated carbocycles. The number of amides is 9. The third kappa shape index (κ3) is 16.0. The molecule has 1 fully saturated rings. The highest BCUT2D eigenvalue weighted by molar-refractivity contribution is 5.96. The van der Waals surface area contributed by atoms with Crippen LogP contribution in [0.1, 0.15) is 59.3 Å². The van der Waals surface area contributed by atoms with Crippen LogP contribution in [0.25, 0.3) is 0 Å². The molecule has 22 nitrogen and oxygen atoms in total. The summed E-state index contributed by atoms with van der Waals surface area (Å²) in [4.78, 5) is 112. The van der Waals surface area contributed by atoms with E-state index in [0.29, 0.717) is 15.2 Å². The molecule has 0 aromatic carbocycles. The van der Waals surface area contributed by atoms with Crippen molar-refractivity contribution < 1.29 is 63.9 Å². The minimum atomic E-state index is -1.54. The number of nitrogens with zero attached hydrogens (tertiary/aromatic N) is 3. The van der Waals surface area contributed by atoms with Crippen LogP contribution in [0.4, 0.5) is 0 Å². The lowest BCUT2D eigenvalue weighted by molar-refractivity contribution is -0.163. The number of carbonyl (C=O) groups excluding carboxylic acids is 9. The monoisotopic (exact) mass is 717 g/mol. The molecule has 0 bridgehead atoms. The number of rotatable bonds is 13. The summed E-state index contributed by atoms with van der Waals surface area (Å²) in [6.45, 7) is 0.217. The van der Waals surface area contributed by atoms with E-state index in [0.717, 1.165) is 20.8 Å². The number of aliphatic hydroxyl groups is 1. The van der Waals surface area contributed by atoms with Crippen LogP contribution in [0.5, 0.6) is 0 Å².